The highest BCUT2D eigenvalue weighted by molar-refractivity contribution is 5.94. The third-order valence-electron chi connectivity index (χ3n) is 7.26. The second-order valence-corrected chi connectivity index (χ2v) is 10.5. The van der Waals surface area contributed by atoms with Crippen LogP contribution in [-0.4, -0.2) is 17.0 Å². The SMILES string of the molecule is CCCCCCCCCCCCCCCc1cccc(OC(CC)C(=O)Nc2ccc3ccccc3n2)c1. The van der Waals surface area contributed by atoms with Gasteiger partial charge < -0.3 is 10.1 Å². The summed E-state index contributed by atoms with van der Waals surface area (Å²) in [5, 5.41) is 3.97. The fraction of sp³-hybridized carbons (Fsp3) is 0.529. The molecule has 3 aromatic rings. The number of hydrogen-bond donors (Lipinski definition) is 1. The second-order valence-electron chi connectivity index (χ2n) is 10.5. The van der Waals surface area contributed by atoms with Crippen LogP contribution in [-0.2, 0) is 11.2 Å². The first kappa shape index (κ1) is 29.7. The number of unbranched alkanes of at least 4 members (excludes halogenated alkanes) is 12. The van der Waals surface area contributed by atoms with Gasteiger partial charge in [-0.05, 0) is 55.2 Å². The number of anilines is 1. The molecule has 1 aromatic heterocycles. The van der Waals surface area contributed by atoms with Crippen molar-refractivity contribution in [1.29, 1.82) is 0 Å². The number of amides is 1. The molecule has 1 atom stereocenters. The quantitative estimate of drug-likeness (QED) is 0.161. The summed E-state index contributed by atoms with van der Waals surface area (Å²) in [6, 6.07) is 19.9. The molecule has 0 aliphatic rings. The predicted octanol–water partition coefficient (Wildman–Crippen LogP) is 9.66. The summed E-state index contributed by atoms with van der Waals surface area (Å²) in [4.78, 5) is 17.5. The Hall–Kier alpha value is -2.88. The number of nitrogens with zero attached hydrogens (tertiary/aromatic N) is 1. The van der Waals surface area contributed by atoms with Crippen LogP contribution in [0.15, 0.2) is 60.7 Å². The lowest BCUT2D eigenvalue weighted by Crippen LogP contribution is -2.32. The number of rotatable bonds is 19. The number of benzene rings is 2. The first-order valence-electron chi connectivity index (χ1n) is 15.1. The standard InChI is InChI=1S/C34H48N2O2/c1-3-5-6-7-8-9-10-11-12-13-14-15-16-20-28-21-19-23-30(27-28)38-32(4-2)34(37)36-33-26-25-29-22-17-18-24-31(29)35-33/h17-19,21-27,32H,3-16,20H2,1-2H3,(H,35,36,37). The largest absolute Gasteiger partial charge is 0.481 e. The fourth-order valence-electron chi connectivity index (χ4n) is 4.95. The number of para-hydroxylation sites is 1. The summed E-state index contributed by atoms with van der Waals surface area (Å²) >= 11 is 0. The highest BCUT2D eigenvalue weighted by Gasteiger charge is 2.19. The number of pyridine rings is 1. The van der Waals surface area contributed by atoms with Gasteiger partial charge in [-0.3, -0.25) is 4.79 Å². The van der Waals surface area contributed by atoms with Crippen molar-refractivity contribution in [1.82, 2.24) is 4.98 Å². The molecule has 0 fully saturated rings. The maximum Gasteiger partial charge on any atom is 0.266 e. The zero-order chi connectivity index (χ0) is 26.8. The molecule has 0 saturated heterocycles. The van der Waals surface area contributed by atoms with Crippen molar-refractivity contribution in [3.8, 4) is 5.75 Å². The smallest absolute Gasteiger partial charge is 0.266 e. The van der Waals surface area contributed by atoms with Gasteiger partial charge in [0.2, 0.25) is 0 Å². The highest BCUT2D eigenvalue weighted by atomic mass is 16.5. The highest BCUT2D eigenvalue weighted by Crippen LogP contribution is 2.20. The second kappa shape index (κ2) is 17.6. The summed E-state index contributed by atoms with van der Waals surface area (Å²) in [5.41, 5.74) is 2.14. The van der Waals surface area contributed by atoms with Gasteiger partial charge in [0.15, 0.2) is 6.10 Å². The molecule has 0 spiro atoms. The molecule has 0 saturated carbocycles. The Morgan fingerprint density at radius 1 is 0.763 bits per heavy atom. The van der Waals surface area contributed by atoms with Crippen molar-refractivity contribution >= 4 is 22.6 Å². The average Bonchev–Trinajstić information content (AvgIpc) is 2.94. The van der Waals surface area contributed by atoms with Crippen LogP contribution < -0.4 is 10.1 Å². The molecule has 1 amide bonds. The van der Waals surface area contributed by atoms with Gasteiger partial charge in [0.1, 0.15) is 11.6 Å². The third-order valence-corrected chi connectivity index (χ3v) is 7.26. The number of aromatic nitrogens is 1. The van der Waals surface area contributed by atoms with Crippen LogP contribution in [0.3, 0.4) is 0 Å². The van der Waals surface area contributed by atoms with Crippen molar-refractivity contribution in [3.63, 3.8) is 0 Å². The number of hydrogen-bond acceptors (Lipinski definition) is 3. The topological polar surface area (TPSA) is 51.2 Å². The van der Waals surface area contributed by atoms with E-state index in [1.807, 2.05) is 55.5 Å². The van der Waals surface area contributed by atoms with Crippen molar-refractivity contribution in [2.24, 2.45) is 0 Å². The van der Waals surface area contributed by atoms with E-state index in [4.69, 9.17) is 4.74 Å². The van der Waals surface area contributed by atoms with Gasteiger partial charge in [-0.1, -0.05) is 121 Å². The lowest BCUT2D eigenvalue weighted by molar-refractivity contribution is -0.122. The lowest BCUT2D eigenvalue weighted by Gasteiger charge is -2.17. The summed E-state index contributed by atoms with van der Waals surface area (Å²) in [6.45, 7) is 4.25. The summed E-state index contributed by atoms with van der Waals surface area (Å²) in [6.07, 6.45) is 18.9. The Bertz CT molecular complexity index is 1080. The minimum atomic E-state index is -0.560. The molecule has 0 bridgehead atoms. The predicted molar refractivity (Wildman–Crippen MR) is 161 cm³/mol. The third kappa shape index (κ3) is 10.8. The van der Waals surface area contributed by atoms with Gasteiger partial charge in [0, 0.05) is 5.39 Å². The minimum Gasteiger partial charge on any atom is -0.481 e. The Morgan fingerprint density at radius 3 is 2.11 bits per heavy atom. The molecule has 206 valence electrons. The van der Waals surface area contributed by atoms with E-state index in [0.717, 1.165) is 23.1 Å². The van der Waals surface area contributed by atoms with E-state index in [9.17, 15) is 4.79 Å². The zero-order valence-electron chi connectivity index (χ0n) is 23.7. The molecule has 0 radical (unpaired) electrons. The Morgan fingerprint density at radius 2 is 1.42 bits per heavy atom. The summed E-state index contributed by atoms with van der Waals surface area (Å²) in [7, 11) is 0. The van der Waals surface area contributed by atoms with Gasteiger partial charge in [0.25, 0.3) is 5.91 Å². The Kier molecular flexibility index (Phi) is 13.7. The molecule has 4 heteroatoms. The summed E-state index contributed by atoms with van der Waals surface area (Å²) < 4.78 is 6.10. The average molecular weight is 517 g/mol. The molecule has 38 heavy (non-hydrogen) atoms. The molecule has 2 aromatic carbocycles. The van der Waals surface area contributed by atoms with Gasteiger partial charge in [-0.15, -0.1) is 0 Å². The molecule has 3 rings (SSSR count). The first-order chi connectivity index (χ1) is 18.7. The Labute approximate surface area is 230 Å². The van der Waals surface area contributed by atoms with Crippen molar-refractivity contribution in [2.45, 2.75) is 116 Å². The number of carbonyl (C=O) groups excluding carboxylic acids is 1. The van der Waals surface area contributed by atoms with E-state index < -0.39 is 6.10 Å². The monoisotopic (exact) mass is 516 g/mol. The van der Waals surface area contributed by atoms with Gasteiger partial charge in [0.05, 0.1) is 5.52 Å². The van der Waals surface area contributed by atoms with Crippen molar-refractivity contribution in [2.75, 3.05) is 5.32 Å². The van der Waals surface area contributed by atoms with Crippen LogP contribution >= 0.6 is 0 Å². The maximum absolute atomic E-state index is 12.9. The number of nitrogens with one attached hydrogen (secondary N) is 1. The van der Waals surface area contributed by atoms with E-state index >= 15 is 0 Å². The molecule has 1 heterocycles. The molecule has 1 unspecified atom stereocenters. The molecule has 1 N–H and O–H groups in total. The van der Waals surface area contributed by atoms with Gasteiger partial charge in [-0.25, -0.2) is 4.98 Å². The van der Waals surface area contributed by atoms with Crippen LogP contribution in [0.1, 0.15) is 109 Å². The molecular weight excluding hydrogens is 468 g/mol. The normalized spacial score (nSPS) is 11.9. The number of fused-ring (bicyclic) bond motifs is 1. The van der Waals surface area contributed by atoms with Crippen molar-refractivity contribution < 1.29 is 9.53 Å². The molecular formula is C34H48N2O2. The summed E-state index contributed by atoms with van der Waals surface area (Å²) in [5.74, 6) is 1.13. The zero-order valence-corrected chi connectivity index (χ0v) is 23.7. The number of ether oxygens (including phenoxy) is 1. The van der Waals surface area contributed by atoms with E-state index in [-0.39, 0.29) is 5.91 Å². The van der Waals surface area contributed by atoms with Crippen LogP contribution in [0.4, 0.5) is 5.82 Å². The maximum atomic E-state index is 12.9. The van der Waals surface area contributed by atoms with E-state index in [2.05, 4.69) is 29.4 Å². The fourth-order valence-corrected chi connectivity index (χ4v) is 4.95. The van der Waals surface area contributed by atoms with Crippen LogP contribution in [0.25, 0.3) is 10.9 Å². The first-order valence-corrected chi connectivity index (χ1v) is 15.1. The van der Waals surface area contributed by atoms with E-state index in [1.54, 1.807) is 0 Å². The Balaban J connectivity index is 1.33. The lowest BCUT2D eigenvalue weighted by atomic mass is 10.0. The van der Waals surface area contributed by atoms with Gasteiger partial charge >= 0.3 is 0 Å². The van der Waals surface area contributed by atoms with Crippen LogP contribution in [0.5, 0.6) is 5.75 Å². The molecule has 4 nitrogen and oxygen atoms in total. The number of carbonyl (C=O) groups is 1. The van der Waals surface area contributed by atoms with Gasteiger partial charge in [-0.2, -0.15) is 0 Å². The van der Waals surface area contributed by atoms with Crippen molar-refractivity contribution in [3.05, 3.63) is 66.2 Å². The van der Waals surface area contributed by atoms with E-state index in [1.165, 1.54) is 89.0 Å². The minimum absolute atomic E-state index is 0.169. The number of aryl methyl sites for hydroxylation is 1. The van der Waals surface area contributed by atoms with Crippen LogP contribution in [0.2, 0.25) is 0 Å². The van der Waals surface area contributed by atoms with Crippen LogP contribution in [0, 0.1) is 0 Å². The van der Waals surface area contributed by atoms with E-state index in [0.29, 0.717) is 12.2 Å². The molecule has 0 aliphatic heterocycles. The molecule has 0 aliphatic carbocycles.